The number of epoxide rings is 1. The van der Waals surface area contributed by atoms with E-state index >= 15 is 0 Å². The van der Waals surface area contributed by atoms with E-state index in [-0.39, 0.29) is 12.7 Å². The van der Waals surface area contributed by atoms with Crippen LogP contribution in [0.2, 0.25) is 0 Å². The second-order valence-electron chi connectivity index (χ2n) is 3.07. The molecule has 2 N–H and O–H groups in total. The van der Waals surface area contributed by atoms with Gasteiger partial charge in [-0.05, 0) is 21.1 Å². The van der Waals surface area contributed by atoms with E-state index < -0.39 is 10.3 Å². The first-order chi connectivity index (χ1) is 5.81. The number of nitrogens with zero attached hydrogens (tertiary/aromatic N) is 1. The molecule has 1 saturated heterocycles. The van der Waals surface area contributed by atoms with E-state index in [0.29, 0.717) is 6.61 Å². The second kappa shape index (κ2) is 5.51. The molecule has 1 aliphatic heterocycles. The molecule has 0 radical (unpaired) electrons. The van der Waals surface area contributed by atoms with Crippen LogP contribution in [0.4, 0.5) is 0 Å². The van der Waals surface area contributed by atoms with Crippen LogP contribution in [0.25, 0.3) is 0 Å². The van der Waals surface area contributed by atoms with Crippen LogP contribution >= 0.6 is 0 Å². The van der Waals surface area contributed by atoms with Crippen molar-refractivity contribution in [2.24, 2.45) is 5.14 Å². The summed E-state index contributed by atoms with van der Waals surface area (Å²) in [5.74, 6) is 0. The summed E-state index contributed by atoms with van der Waals surface area (Å²) in [6.07, 6.45) is -0.0664. The van der Waals surface area contributed by atoms with E-state index in [0.717, 1.165) is 0 Å². The van der Waals surface area contributed by atoms with Gasteiger partial charge in [0.15, 0.2) is 0 Å². The van der Waals surface area contributed by atoms with Crippen LogP contribution in [-0.4, -0.2) is 53.8 Å². The SMILES string of the molecule is CN(C)C.NS(=O)(=O)OCC1CO1. The van der Waals surface area contributed by atoms with Crippen molar-refractivity contribution in [3.8, 4) is 0 Å². The standard InChI is InChI=1S/C3H7NO4S.C3H9N/c4-9(5,6)8-2-3-1-7-3;1-4(2)3/h3H,1-2H2,(H2,4,5,6);1-3H3. The minimum Gasteiger partial charge on any atom is -0.371 e. The molecule has 1 fully saturated rings. The molecule has 1 rings (SSSR count). The lowest BCUT2D eigenvalue weighted by Crippen LogP contribution is -2.18. The minimum atomic E-state index is -3.76. The smallest absolute Gasteiger partial charge is 0.333 e. The topological polar surface area (TPSA) is 85.2 Å². The van der Waals surface area contributed by atoms with E-state index in [1.165, 1.54) is 0 Å². The van der Waals surface area contributed by atoms with Gasteiger partial charge in [0.1, 0.15) is 6.10 Å². The number of nitrogens with two attached hydrogens (primary N) is 1. The number of hydrogen-bond acceptors (Lipinski definition) is 5. The molecule has 0 bridgehead atoms. The highest BCUT2D eigenvalue weighted by Gasteiger charge is 2.24. The molecular formula is C6H16N2O4S. The summed E-state index contributed by atoms with van der Waals surface area (Å²) in [6, 6.07) is 0. The maximum atomic E-state index is 10.1. The fourth-order valence-electron chi connectivity index (χ4n) is 0.335. The first-order valence-corrected chi connectivity index (χ1v) is 5.18. The van der Waals surface area contributed by atoms with Gasteiger partial charge in [0.05, 0.1) is 13.2 Å². The first kappa shape index (κ1) is 12.8. The monoisotopic (exact) mass is 212 g/mol. The average molecular weight is 212 g/mol. The van der Waals surface area contributed by atoms with Crippen molar-refractivity contribution in [2.75, 3.05) is 34.4 Å². The van der Waals surface area contributed by atoms with Crippen molar-refractivity contribution < 1.29 is 17.3 Å². The molecule has 80 valence electrons. The maximum Gasteiger partial charge on any atom is 0.333 e. The lowest BCUT2D eigenvalue weighted by Gasteiger charge is -1.93. The molecule has 0 saturated carbocycles. The Morgan fingerprint density at radius 2 is 1.92 bits per heavy atom. The van der Waals surface area contributed by atoms with Crippen LogP contribution in [0.3, 0.4) is 0 Å². The predicted octanol–water partition coefficient (Wildman–Crippen LogP) is -1.22. The zero-order chi connectivity index (χ0) is 10.5. The van der Waals surface area contributed by atoms with Crippen LogP contribution < -0.4 is 5.14 Å². The lowest BCUT2D eigenvalue weighted by molar-refractivity contribution is 0.267. The van der Waals surface area contributed by atoms with Crippen molar-refractivity contribution in [1.82, 2.24) is 4.90 Å². The summed E-state index contributed by atoms with van der Waals surface area (Å²) >= 11 is 0. The Morgan fingerprint density at radius 3 is 2.15 bits per heavy atom. The molecule has 0 aromatic rings. The molecule has 0 spiro atoms. The molecule has 1 aliphatic rings. The summed E-state index contributed by atoms with van der Waals surface area (Å²) in [5.41, 5.74) is 0. The Balaban J connectivity index is 0.000000310. The molecule has 0 amide bonds. The van der Waals surface area contributed by atoms with Gasteiger partial charge in [-0.25, -0.2) is 5.14 Å². The van der Waals surface area contributed by atoms with Crippen molar-refractivity contribution in [3.05, 3.63) is 0 Å². The van der Waals surface area contributed by atoms with Crippen LogP contribution in [0.15, 0.2) is 0 Å². The van der Waals surface area contributed by atoms with Crippen LogP contribution in [0.1, 0.15) is 0 Å². The molecule has 0 aliphatic carbocycles. The predicted molar refractivity (Wildman–Crippen MR) is 48.4 cm³/mol. The third-order valence-electron chi connectivity index (χ3n) is 0.821. The molecular weight excluding hydrogens is 196 g/mol. The summed E-state index contributed by atoms with van der Waals surface area (Å²) in [4.78, 5) is 2.00. The maximum absolute atomic E-state index is 10.1. The number of rotatable bonds is 3. The van der Waals surface area contributed by atoms with Gasteiger partial charge in [-0.15, -0.1) is 0 Å². The molecule has 6 nitrogen and oxygen atoms in total. The Bertz CT molecular complexity index is 220. The number of ether oxygens (including phenoxy) is 1. The molecule has 7 heteroatoms. The number of hydrogen-bond donors (Lipinski definition) is 1. The Hall–Kier alpha value is -0.210. The minimum absolute atomic E-state index is 0.0405. The van der Waals surface area contributed by atoms with Gasteiger partial charge in [0.25, 0.3) is 0 Å². The normalized spacial score (nSPS) is 20.8. The van der Waals surface area contributed by atoms with E-state index in [2.05, 4.69) is 14.1 Å². The van der Waals surface area contributed by atoms with Crippen molar-refractivity contribution >= 4 is 10.3 Å². The summed E-state index contributed by atoms with van der Waals surface area (Å²) in [5, 5.41) is 4.51. The summed E-state index contributed by atoms with van der Waals surface area (Å²) in [7, 11) is 2.24. The molecule has 0 aromatic heterocycles. The zero-order valence-electron chi connectivity index (χ0n) is 8.06. The van der Waals surface area contributed by atoms with E-state index in [4.69, 9.17) is 0 Å². The quantitative estimate of drug-likeness (QED) is 0.593. The highest BCUT2D eigenvalue weighted by molar-refractivity contribution is 7.84. The largest absolute Gasteiger partial charge is 0.371 e. The van der Waals surface area contributed by atoms with Gasteiger partial charge in [0, 0.05) is 0 Å². The van der Waals surface area contributed by atoms with Gasteiger partial charge in [0.2, 0.25) is 0 Å². The zero-order valence-corrected chi connectivity index (χ0v) is 8.87. The fraction of sp³-hybridized carbons (Fsp3) is 1.00. The van der Waals surface area contributed by atoms with Crippen molar-refractivity contribution in [2.45, 2.75) is 6.10 Å². The molecule has 1 unspecified atom stereocenters. The third-order valence-corrected chi connectivity index (χ3v) is 1.29. The fourth-order valence-corrected chi connectivity index (χ4v) is 0.676. The van der Waals surface area contributed by atoms with Gasteiger partial charge in [-0.2, -0.15) is 8.42 Å². The molecule has 1 heterocycles. The Morgan fingerprint density at radius 1 is 1.54 bits per heavy atom. The van der Waals surface area contributed by atoms with Gasteiger partial charge in [-0.1, -0.05) is 0 Å². The van der Waals surface area contributed by atoms with Gasteiger partial charge < -0.3 is 9.64 Å². The Labute approximate surface area is 78.9 Å². The molecule has 13 heavy (non-hydrogen) atoms. The van der Waals surface area contributed by atoms with Crippen LogP contribution in [-0.2, 0) is 19.2 Å². The average Bonchev–Trinajstić information content (AvgIpc) is 2.61. The lowest BCUT2D eigenvalue weighted by atomic mass is 10.5. The third kappa shape index (κ3) is 14.6. The highest BCUT2D eigenvalue weighted by Crippen LogP contribution is 2.08. The van der Waals surface area contributed by atoms with E-state index in [9.17, 15) is 8.42 Å². The van der Waals surface area contributed by atoms with E-state index in [1.807, 2.05) is 26.0 Å². The van der Waals surface area contributed by atoms with Crippen LogP contribution in [0, 0.1) is 0 Å². The summed E-state index contributed by atoms with van der Waals surface area (Å²) < 4.78 is 29.0. The van der Waals surface area contributed by atoms with Gasteiger partial charge in [-0.3, -0.25) is 4.18 Å². The molecule has 1 atom stereocenters. The highest BCUT2D eigenvalue weighted by atomic mass is 32.2. The molecule has 0 aromatic carbocycles. The van der Waals surface area contributed by atoms with Gasteiger partial charge >= 0.3 is 10.3 Å². The first-order valence-electron chi connectivity index (χ1n) is 3.71. The Kier molecular flexibility index (Phi) is 5.42. The summed E-state index contributed by atoms with van der Waals surface area (Å²) in [6.45, 7) is 0.606. The van der Waals surface area contributed by atoms with Crippen molar-refractivity contribution in [1.29, 1.82) is 0 Å². The second-order valence-corrected chi connectivity index (χ2v) is 4.30. The van der Waals surface area contributed by atoms with Crippen LogP contribution in [0.5, 0.6) is 0 Å². The van der Waals surface area contributed by atoms with E-state index in [1.54, 1.807) is 0 Å². The van der Waals surface area contributed by atoms with Crippen molar-refractivity contribution in [3.63, 3.8) is 0 Å².